The number of carbonyl (C=O) groups excluding carboxylic acids is 2. The molecule has 0 saturated heterocycles. The first-order chi connectivity index (χ1) is 12.3. The van der Waals surface area contributed by atoms with E-state index < -0.39 is 11.6 Å². The van der Waals surface area contributed by atoms with E-state index in [9.17, 15) is 9.59 Å². The molecule has 0 unspecified atom stereocenters. The van der Waals surface area contributed by atoms with Crippen molar-refractivity contribution in [2.24, 2.45) is 0 Å². The number of carbonyl (C=O) groups is 2. The van der Waals surface area contributed by atoms with Crippen LogP contribution in [0.2, 0.25) is 0 Å². The van der Waals surface area contributed by atoms with Gasteiger partial charge in [0.2, 0.25) is 0 Å². The minimum absolute atomic E-state index is 0.325. The summed E-state index contributed by atoms with van der Waals surface area (Å²) < 4.78 is 10.2. The lowest BCUT2D eigenvalue weighted by Crippen LogP contribution is -2.23. The molecule has 0 fully saturated rings. The second kappa shape index (κ2) is 6.63. The number of pyridine rings is 1. The standard InChI is InChI=1S/C20H20N2O4/c1-20(2,3)26-18(23)13-7-5-6-12(10-13)14-8-9-21-17-15(14)11-16(22-17)19(24)25-4/h5-11H,1-4H3,(H,21,22). The largest absolute Gasteiger partial charge is 0.464 e. The average molecular weight is 352 g/mol. The van der Waals surface area contributed by atoms with Crippen molar-refractivity contribution in [3.63, 3.8) is 0 Å². The number of benzene rings is 1. The number of aromatic nitrogens is 2. The van der Waals surface area contributed by atoms with Gasteiger partial charge in [0.05, 0.1) is 12.7 Å². The third kappa shape index (κ3) is 3.59. The first-order valence-electron chi connectivity index (χ1n) is 8.18. The van der Waals surface area contributed by atoms with Gasteiger partial charge in [-0.2, -0.15) is 0 Å². The number of nitrogens with zero attached hydrogens (tertiary/aromatic N) is 1. The fraction of sp³-hybridized carbons (Fsp3) is 0.250. The van der Waals surface area contributed by atoms with E-state index in [0.717, 1.165) is 16.5 Å². The minimum Gasteiger partial charge on any atom is -0.464 e. The second-order valence-electron chi connectivity index (χ2n) is 6.88. The number of fused-ring (bicyclic) bond motifs is 1. The Bertz CT molecular complexity index is 983. The van der Waals surface area contributed by atoms with Gasteiger partial charge in [-0.15, -0.1) is 0 Å². The number of ether oxygens (including phenoxy) is 2. The smallest absolute Gasteiger partial charge is 0.354 e. The summed E-state index contributed by atoms with van der Waals surface area (Å²) in [6.07, 6.45) is 1.65. The van der Waals surface area contributed by atoms with E-state index in [0.29, 0.717) is 16.9 Å². The molecule has 0 bridgehead atoms. The van der Waals surface area contributed by atoms with Crippen molar-refractivity contribution in [2.45, 2.75) is 26.4 Å². The number of rotatable bonds is 3. The van der Waals surface area contributed by atoms with Crippen molar-refractivity contribution >= 4 is 23.0 Å². The third-order valence-corrected chi connectivity index (χ3v) is 3.75. The van der Waals surface area contributed by atoms with E-state index >= 15 is 0 Å². The molecule has 0 aliphatic heterocycles. The van der Waals surface area contributed by atoms with Crippen LogP contribution in [-0.2, 0) is 9.47 Å². The Hall–Kier alpha value is -3.15. The van der Waals surface area contributed by atoms with E-state index in [4.69, 9.17) is 9.47 Å². The summed E-state index contributed by atoms with van der Waals surface area (Å²) >= 11 is 0. The van der Waals surface area contributed by atoms with Gasteiger partial charge >= 0.3 is 11.9 Å². The van der Waals surface area contributed by atoms with Crippen LogP contribution in [0.1, 0.15) is 41.6 Å². The first kappa shape index (κ1) is 17.7. The molecule has 0 radical (unpaired) electrons. The van der Waals surface area contributed by atoms with E-state index in [2.05, 4.69) is 9.97 Å². The molecule has 0 atom stereocenters. The molecule has 0 spiro atoms. The zero-order valence-corrected chi connectivity index (χ0v) is 15.1. The normalized spacial score (nSPS) is 11.4. The van der Waals surface area contributed by atoms with Crippen molar-refractivity contribution in [3.05, 3.63) is 53.9 Å². The van der Waals surface area contributed by atoms with Crippen molar-refractivity contribution in [2.75, 3.05) is 7.11 Å². The maximum atomic E-state index is 12.3. The van der Waals surface area contributed by atoms with Crippen LogP contribution in [0.15, 0.2) is 42.6 Å². The van der Waals surface area contributed by atoms with Crippen molar-refractivity contribution < 1.29 is 19.1 Å². The lowest BCUT2D eigenvalue weighted by molar-refractivity contribution is 0.00694. The van der Waals surface area contributed by atoms with Crippen molar-refractivity contribution in [1.82, 2.24) is 9.97 Å². The van der Waals surface area contributed by atoms with Gasteiger partial charge in [0.1, 0.15) is 16.9 Å². The maximum Gasteiger partial charge on any atom is 0.354 e. The summed E-state index contributed by atoms with van der Waals surface area (Å²) in [6.45, 7) is 5.49. The summed E-state index contributed by atoms with van der Waals surface area (Å²) in [5, 5.41) is 0.772. The van der Waals surface area contributed by atoms with Crippen LogP contribution in [0.4, 0.5) is 0 Å². The number of methoxy groups -OCH3 is 1. The van der Waals surface area contributed by atoms with E-state index in [1.807, 2.05) is 32.9 Å². The molecule has 1 N–H and O–H groups in total. The third-order valence-electron chi connectivity index (χ3n) is 3.75. The Balaban J connectivity index is 2.04. The Morgan fingerprint density at radius 3 is 2.54 bits per heavy atom. The number of hydrogen-bond acceptors (Lipinski definition) is 5. The maximum absolute atomic E-state index is 12.3. The summed E-state index contributed by atoms with van der Waals surface area (Å²) in [6, 6.07) is 10.7. The predicted octanol–water partition coefficient (Wildman–Crippen LogP) is 3.97. The monoisotopic (exact) mass is 352 g/mol. The summed E-state index contributed by atoms with van der Waals surface area (Å²) in [5.74, 6) is -0.842. The van der Waals surface area contributed by atoms with Crippen LogP contribution in [0.3, 0.4) is 0 Å². The van der Waals surface area contributed by atoms with Crippen molar-refractivity contribution in [3.8, 4) is 11.1 Å². The quantitative estimate of drug-likeness (QED) is 0.721. The molecule has 6 heteroatoms. The Kier molecular flexibility index (Phi) is 4.50. The molecule has 6 nitrogen and oxygen atoms in total. The molecular formula is C20H20N2O4. The van der Waals surface area contributed by atoms with Gasteiger partial charge in [-0.05, 0) is 56.2 Å². The first-order valence-corrected chi connectivity index (χ1v) is 8.18. The highest BCUT2D eigenvalue weighted by molar-refractivity contribution is 6.00. The molecule has 2 heterocycles. The van der Waals surface area contributed by atoms with Crippen LogP contribution in [0.5, 0.6) is 0 Å². The van der Waals surface area contributed by atoms with Crippen molar-refractivity contribution in [1.29, 1.82) is 0 Å². The van der Waals surface area contributed by atoms with Gasteiger partial charge in [0, 0.05) is 11.6 Å². The Morgan fingerprint density at radius 1 is 1.08 bits per heavy atom. The summed E-state index contributed by atoms with van der Waals surface area (Å²) in [4.78, 5) is 31.3. The highest BCUT2D eigenvalue weighted by Crippen LogP contribution is 2.29. The predicted molar refractivity (Wildman–Crippen MR) is 98.0 cm³/mol. The van der Waals surface area contributed by atoms with Crippen LogP contribution in [0, 0.1) is 0 Å². The van der Waals surface area contributed by atoms with Gasteiger partial charge in [-0.25, -0.2) is 14.6 Å². The van der Waals surface area contributed by atoms with Crippen LogP contribution >= 0.6 is 0 Å². The zero-order valence-electron chi connectivity index (χ0n) is 15.1. The second-order valence-corrected chi connectivity index (χ2v) is 6.88. The van der Waals surface area contributed by atoms with Crippen LogP contribution in [-0.4, -0.2) is 34.6 Å². The van der Waals surface area contributed by atoms with Gasteiger partial charge < -0.3 is 14.5 Å². The molecule has 3 aromatic rings. The molecule has 0 aliphatic rings. The molecule has 2 aromatic heterocycles. The fourth-order valence-electron chi connectivity index (χ4n) is 2.65. The van der Waals surface area contributed by atoms with E-state index in [-0.39, 0.29) is 5.97 Å². The van der Waals surface area contributed by atoms with E-state index in [1.54, 1.807) is 30.5 Å². The SMILES string of the molecule is COC(=O)c1cc2c(-c3cccc(C(=O)OC(C)(C)C)c3)ccnc2[nH]1. The molecule has 0 saturated carbocycles. The van der Waals surface area contributed by atoms with Gasteiger partial charge in [0.25, 0.3) is 0 Å². The number of esters is 2. The number of nitrogens with one attached hydrogen (secondary N) is 1. The zero-order chi connectivity index (χ0) is 18.9. The molecular weight excluding hydrogens is 332 g/mol. The fourth-order valence-corrected chi connectivity index (χ4v) is 2.65. The number of hydrogen-bond donors (Lipinski definition) is 1. The molecule has 0 aliphatic carbocycles. The summed E-state index contributed by atoms with van der Waals surface area (Å²) in [7, 11) is 1.33. The van der Waals surface area contributed by atoms with Crippen LogP contribution < -0.4 is 0 Å². The molecule has 26 heavy (non-hydrogen) atoms. The van der Waals surface area contributed by atoms with Crippen LogP contribution in [0.25, 0.3) is 22.2 Å². The molecule has 134 valence electrons. The minimum atomic E-state index is -0.562. The lowest BCUT2D eigenvalue weighted by Gasteiger charge is -2.19. The lowest BCUT2D eigenvalue weighted by atomic mass is 10.0. The number of H-pyrrole nitrogens is 1. The van der Waals surface area contributed by atoms with Gasteiger partial charge in [-0.1, -0.05) is 12.1 Å². The van der Waals surface area contributed by atoms with E-state index in [1.165, 1.54) is 7.11 Å². The number of aromatic amines is 1. The Labute approximate surface area is 151 Å². The molecule has 0 amide bonds. The highest BCUT2D eigenvalue weighted by atomic mass is 16.6. The Morgan fingerprint density at radius 2 is 1.85 bits per heavy atom. The average Bonchev–Trinajstić information content (AvgIpc) is 3.04. The summed E-state index contributed by atoms with van der Waals surface area (Å²) in [5.41, 5.74) is 2.48. The van der Waals surface area contributed by atoms with Gasteiger partial charge in [0.15, 0.2) is 0 Å². The highest BCUT2D eigenvalue weighted by Gasteiger charge is 2.19. The molecule has 1 aromatic carbocycles. The topological polar surface area (TPSA) is 81.3 Å². The van der Waals surface area contributed by atoms with Gasteiger partial charge in [-0.3, -0.25) is 0 Å². The molecule has 3 rings (SSSR count).